The molecule has 4 rings (SSSR count). The SMILES string of the molecule is COC(=O)c1nc(-c2cccc(O)c2)cnc1Nc1ccc(OCCN2CCOCC2)cc1. The van der Waals surface area contributed by atoms with Gasteiger partial charge in [0.05, 0.1) is 32.2 Å². The predicted octanol–water partition coefficient (Wildman–Crippen LogP) is 3.09. The Kier molecular flexibility index (Phi) is 7.33. The number of phenols is 1. The highest BCUT2D eigenvalue weighted by Gasteiger charge is 2.18. The van der Waals surface area contributed by atoms with Crippen molar-refractivity contribution in [2.45, 2.75) is 0 Å². The van der Waals surface area contributed by atoms with Gasteiger partial charge >= 0.3 is 5.97 Å². The Balaban J connectivity index is 1.43. The molecule has 2 heterocycles. The molecule has 33 heavy (non-hydrogen) atoms. The van der Waals surface area contributed by atoms with E-state index in [2.05, 4.69) is 20.2 Å². The van der Waals surface area contributed by atoms with Crippen LogP contribution in [-0.2, 0) is 9.47 Å². The zero-order chi connectivity index (χ0) is 23.0. The standard InChI is InChI=1S/C24H26N4O5/c1-31-24(30)22-23(25-16-21(27-22)17-3-2-4-19(29)15-17)26-18-5-7-20(8-6-18)33-14-11-28-9-12-32-13-10-28/h2-8,15-16,29H,9-14H2,1H3,(H,25,26). The minimum absolute atomic E-state index is 0.0455. The smallest absolute Gasteiger partial charge is 0.360 e. The number of carbonyl (C=O) groups excluding carboxylic acids is 1. The summed E-state index contributed by atoms with van der Waals surface area (Å²) in [6.07, 6.45) is 1.53. The molecule has 2 aromatic carbocycles. The molecule has 1 saturated heterocycles. The number of aromatic nitrogens is 2. The zero-order valence-electron chi connectivity index (χ0n) is 18.4. The molecule has 9 nitrogen and oxygen atoms in total. The summed E-state index contributed by atoms with van der Waals surface area (Å²) in [5.41, 5.74) is 1.85. The number of hydrogen-bond donors (Lipinski definition) is 2. The van der Waals surface area contributed by atoms with Crippen LogP contribution in [0.2, 0.25) is 0 Å². The number of methoxy groups -OCH3 is 1. The number of anilines is 2. The number of esters is 1. The Morgan fingerprint density at radius 3 is 2.70 bits per heavy atom. The number of carbonyl (C=O) groups is 1. The number of rotatable bonds is 8. The van der Waals surface area contributed by atoms with Crippen molar-refractivity contribution >= 4 is 17.5 Å². The summed E-state index contributed by atoms with van der Waals surface area (Å²) in [5.74, 6) is 0.512. The van der Waals surface area contributed by atoms with Crippen LogP contribution in [0.5, 0.6) is 11.5 Å². The second-order valence-corrected chi connectivity index (χ2v) is 7.45. The van der Waals surface area contributed by atoms with Gasteiger partial charge in [-0.25, -0.2) is 14.8 Å². The monoisotopic (exact) mass is 450 g/mol. The number of nitrogens with one attached hydrogen (secondary N) is 1. The van der Waals surface area contributed by atoms with E-state index in [0.29, 0.717) is 17.9 Å². The molecule has 1 aromatic heterocycles. The van der Waals surface area contributed by atoms with Crippen molar-refractivity contribution < 1.29 is 24.1 Å². The summed E-state index contributed by atoms with van der Waals surface area (Å²) < 4.78 is 16.1. The topological polar surface area (TPSA) is 106 Å². The van der Waals surface area contributed by atoms with Crippen LogP contribution in [0.15, 0.2) is 54.7 Å². The Bertz CT molecular complexity index is 1080. The highest BCUT2D eigenvalue weighted by Crippen LogP contribution is 2.25. The Morgan fingerprint density at radius 1 is 1.18 bits per heavy atom. The molecular weight excluding hydrogens is 424 g/mol. The van der Waals surface area contributed by atoms with Crippen LogP contribution >= 0.6 is 0 Å². The quantitative estimate of drug-likeness (QED) is 0.501. The molecule has 0 atom stereocenters. The van der Waals surface area contributed by atoms with Gasteiger partial charge in [-0.15, -0.1) is 0 Å². The van der Waals surface area contributed by atoms with Gasteiger partial charge in [-0.2, -0.15) is 0 Å². The number of phenolic OH excluding ortho intramolecular Hbond substituents is 1. The van der Waals surface area contributed by atoms with Gasteiger partial charge in [0.2, 0.25) is 0 Å². The number of aromatic hydroxyl groups is 1. The molecule has 9 heteroatoms. The molecule has 1 aliphatic heterocycles. The predicted molar refractivity (Wildman–Crippen MR) is 123 cm³/mol. The van der Waals surface area contributed by atoms with Gasteiger partial charge in [0.15, 0.2) is 11.5 Å². The molecule has 0 unspecified atom stereocenters. The first kappa shape index (κ1) is 22.5. The fourth-order valence-corrected chi connectivity index (χ4v) is 3.41. The summed E-state index contributed by atoms with van der Waals surface area (Å²) in [4.78, 5) is 23.4. The highest BCUT2D eigenvalue weighted by atomic mass is 16.5. The molecule has 3 aromatic rings. The molecule has 1 aliphatic rings. The minimum Gasteiger partial charge on any atom is -0.508 e. The molecule has 0 aliphatic carbocycles. The third kappa shape index (κ3) is 5.97. The lowest BCUT2D eigenvalue weighted by Gasteiger charge is -2.26. The van der Waals surface area contributed by atoms with Crippen LogP contribution in [0.1, 0.15) is 10.5 Å². The molecule has 0 radical (unpaired) electrons. The van der Waals surface area contributed by atoms with Crippen LogP contribution in [0.3, 0.4) is 0 Å². The second-order valence-electron chi connectivity index (χ2n) is 7.45. The van der Waals surface area contributed by atoms with E-state index in [1.165, 1.54) is 13.3 Å². The van der Waals surface area contributed by atoms with Crippen molar-refractivity contribution in [3.63, 3.8) is 0 Å². The van der Waals surface area contributed by atoms with Crippen molar-refractivity contribution in [2.24, 2.45) is 0 Å². The molecule has 0 bridgehead atoms. The van der Waals surface area contributed by atoms with Crippen LogP contribution in [0.4, 0.5) is 11.5 Å². The summed E-state index contributed by atoms with van der Waals surface area (Å²) >= 11 is 0. The third-order valence-corrected chi connectivity index (χ3v) is 5.19. The molecule has 2 N–H and O–H groups in total. The van der Waals surface area contributed by atoms with Crippen LogP contribution in [0.25, 0.3) is 11.3 Å². The van der Waals surface area contributed by atoms with Gasteiger partial charge in [-0.3, -0.25) is 4.90 Å². The van der Waals surface area contributed by atoms with Crippen molar-refractivity contribution in [1.82, 2.24) is 14.9 Å². The zero-order valence-corrected chi connectivity index (χ0v) is 18.4. The van der Waals surface area contributed by atoms with Crippen molar-refractivity contribution in [2.75, 3.05) is 51.9 Å². The van der Waals surface area contributed by atoms with Gasteiger partial charge in [0, 0.05) is 30.9 Å². The lowest BCUT2D eigenvalue weighted by molar-refractivity contribution is 0.0322. The maximum absolute atomic E-state index is 12.3. The number of hydrogen-bond acceptors (Lipinski definition) is 9. The van der Waals surface area contributed by atoms with Crippen molar-refractivity contribution in [1.29, 1.82) is 0 Å². The fraction of sp³-hybridized carbons (Fsp3) is 0.292. The number of nitrogens with zero attached hydrogens (tertiary/aromatic N) is 3. The third-order valence-electron chi connectivity index (χ3n) is 5.19. The van der Waals surface area contributed by atoms with E-state index in [4.69, 9.17) is 14.2 Å². The first-order valence-corrected chi connectivity index (χ1v) is 10.7. The minimum atomic E-state index is -0.616. The number of morpholine rings is 1. The van der Waals surface area contributed by atoms with E-state index in [1.54, 1.807) is 24.3 Å². The van der Waals surface area contributed by atoms with Crippen molar-refractivity contribution in [3.05, 3.63) is 60.4 Å². The largest absolute Gasteiger partial charge is 0.508 e. The molecule has 172 valence electrons. The van der Waals surface area contributed by atoms with Gasteiger partial charge in [-0.05, 0) is 36.4 Å². The summed E-state index contributed by atoms with van der Waals surface area (Å²) in [7, 11) is 1.29. The molecule has 0 amide bonds. The summed E-state index contributed by atoms with van der Waals surface area (Å²) in [6.45, 7) is 4.85. The van der Waals surface area contributed by atoms with E-state index in [9.17, 15) is 9.90 Å². The number of ether oxygens (including phenoxy) is 3. The lowest BCUT2D eigenvalue weighted by Crippen LogP contribution is -2.38. The molecular formula is C24H26N4O5. The van der Waals surface area contributed by atoms with E-state index >= 15 is 0 Å². The average Bonchev–Trinajstić information content (AvgIpc) is 2.85. The summed E-state index contributed by atoms with van der Waals surface area (Å²) in [6, 6.07) is 14.0. The van der Waals surface area contributed by atoms with E-state index in [-0.39, 0.29) is 17.3 Å². The maximum Gasteiger partial charge on any atom is 0.360 e. The van der Waals surface area contributed by atoms with Crippen LogP contribution in [0, 0.1) is 0 Å². The van der Waals surface area contributed by atoms with E-state index in [0.717, 1.165) is 44.3 Å². The molecule has 1 fully saturated rings. The maximum atomic E-state index is 12.3. The van der Waals surface area contributed by atoms with E-state index in [1.807, 2.05) is 24.3 Å². The first-order valence-electron chi connectivity index (χ1n) is 10.7. The Hall–Kier alpha value is -3.69. The Labute approximate surface area is 192 Å². The van der Waals surface area contributed by atoms with E-state index < -0.39 is 5.97 Å². The number of benzene rings is 2. The van der Waals surface area contributed by atoms with Gasteiger partial charge in [0.1, 0.15) is 18.1 Å². The van der Waals surface area contributed by atoms with Gasteiger partial charge < -0.3 is 24.6 Å². The Morgan fingerprint density at radius 2 is 1.97 bits per heavy atom. The highest BCUT2D eigenvalue weighted by molar-refractivity contribution is 5.93. The summed E-state index contributed by atoms with van der Waals surface area (Å²) in [5, 5.41) is 12.8. The van der Waals surface area contributed by atoms with Crippen molar-refractivity contribution in [3.8, 4) is 22.8 Å². The van der Waals surface area contributed by atoms with Crippen LogP contribution in [-0.4, -0.2) is 72.5 Å². The normalized spacial score (nSPS) is 14.0. The average molecular weight is 450 g/mol. The van der Waals surface area contributed by atoms with Gasteiger partial charge in [-0.1, -0.05) is 12.1 Å². The lowest BCUT2D eigenvalue weighted by atomic mass is 10.1. The fourth-order valence-electron chi connectivity index (χ4n) is 3.41. The molecule has 0 saturated carbocycles. The van der Waals surface area contributed by atoms with Gasteiger partial charge in [0.25, 0.3) is 0 Å². The molecule has 0 spiro atoms. The first-order chi connectivity index (χ1) is 16.1. The second kappa shape index (κ2) is 10.8. The van der Waals surface area contributed by atoms with Crippen LogP contribution < -0.4 is 10.1 Å².